The lowest BCUT2D eigenvalue weighted by atomic mass is 9.83. The van der Waals surface area contributed by atoms with E-state index in [4.69, 9.17) is 4.74 Å². The smallest absolute Gasteiger partial charge is 0.135 e. The summed E-state index contributed by atoms with van der Waals surface area (Å²) in [6.07, 6.45) is 6.65. The lowest BCUT2D eigenvalue weighted by molar-refractivity contribution is 0.278. The molecule has 0 saturated carbocycles. The Morgan fingerprint density at radius 2 is 0.983 bits per heavy atom. The van der Waals surface area contributed by atoms with Crippen LogP contribution < -0.4 is 9.64 Å². The Labute approximate surface area is 339 Å². The van der Waals surface area contributed by atoms with E-state index < -0.39 is 0 Å². The van der Waals surface area contributed by atoms with Gasteiger partial charge in [0.05, 0.1) is 5.69 Å². The van der Waals surface area contributed by atoms with Crippen molar-refractivity contribution in [2.24, 2.45) is 0 Å². The van der Waals surface area contributed by atoms with Crippen LogP contribution in [0.3, 0.4) is 0 Å². The summed E-state index contributed by atoms with van der Waals surface area (Å²) in [6.45, 7) is 0. The number of hydrogen-bond acceptors (Lipinski definition) is 2. The Morgan fingerprint density at radius 3 is 1.76 bits per heavy atom. The molecule has 2 unspecified atom stereocenters. The number of nitrogens with zero attached hydrogens (tertiary/aromatic N) is 1. The Bertz CT molecular complexity index is 3020. The summed E-state index contributed by atoms with van der Waals surface area (Å²) < 4.78 is 6.60. The minimum atomic E-state index is -0.0157. The molecule has 0 aromatic heterocycles. The normalized spacial score (nSPS) is 15.4. The van der Waals surface area contributed by atoms with Gasteiger partial charge in [-0.25, -0.2) is 0 Å². The van der Waals surface area contributed by atoms with Crippen LogP contribution in [0.4, 0.5) is 17.1 Å². The Morgan fingerprint density at radius 1 is 0.414 bits per heavy atom. The first-order valence-electron chi connectivity index (χ1n) is 20.1. The van der Waals surface area contributed by atoms with E-state index in [-0.39, 0.29) is 12.0 Å². The van der Waals surface area contributed by atoms with Crippen LogP contribution in [-0.4, -0.2) is 6.10 Å². The van der Waals surface area contributed by atoms with Gasteiger partial charge in [-0.05, 0) is 104 Å². The van der Waals surface area contributed by atoms with Crippen LogP contribution in [0, 0.1) is 0 Å². The molecule has 274 valence electrons. The van der Waals surface area contributed by atoms with E-state index in [2.05, 4.69) is 229 Å². The number of fused-ring (bicyclic) bond motifs is 5. The lowest BCUT2D eigenvalue weighted by Gasteiger charge is -2.27. The largest absolute Gasteiger partial charge is 0.484 e. The van der Waals surface area contributed by atoms with E-state index >= 15 is 0 Å². The second-order valence-corrected chi connectivity index (χ2v) is 15.2. The van der Waals surface area contributed by atoms with E-state index in [1.807, 2.05) is 0 Å². The Kier molecular flexibility index (Phi) is 8.33. The fourth-order valence-electron chi connectivity index (χ4n) is 8.97. The van der Waals surface area contributed by atoms with E-state index in [1.54, 1.807) is 0 Å². The van der Waals surface area contributed by atoms with Crippen molar-refractivity contribution in [3.05, 3.63) is 236 Å². The maximum atomic E-state index is 6.60. The summed E-state index contributed by atoms with van der Waals surface area (Å²) in [7, 11) is 0. The second kappa shape index (κ2) is 14.3. The highest BCUT2D eigenvalue weighted by Crippen LogP contribution is 2.47. The lowest BCUT2D eigenvalue weighted by Crippen LogP contribution is -2.21. The monoisotopic (exact) mass is 741 g/mol. The predicted molar refractivity (Wildman–Crippen MR) is 243 cm³/mol. The van der Waals surface area contributed by atoms with Crippen molar-refractivity contribution in [3.63, 3.8) is 0 Å². The molecule has 0 amide bonds. The molecule has 0 N–H and O–H groups in total. The second-order valence-electron chi connectivity index (χ2n) is 15.2. The van der Waals surface area contributed by atoms with Gasteiger partial charge in [0.15, 0.2) is 0 Å². The molecule has 2 aliphatic rings. The zero-order valence-corrected chi connectivity index (χ0v) is 31.9. The number of allylic oxidation sites excluding steroid dienone is 2. The molecule has 0 bridgehead atoms. The molecule has 1 heterocycles. The van der Waals surface area contributed by atoms with Crippen molar-refractivity contribution in [2.45, 2.75) is 12.0 Å². The van der Waals surface area contributed by atoms with Crippen molar-refractivity contribution in [2.75, 3.05) is 4.90 Å². The van der Waals surface area contributed by atoms with E-state index in [1.165, 1.54) is 71.6 Å². The van der Waals surface area contributed by atoms with E-state index in [0.29, 0.717) is 0 Å². The number of benzene rings is 9. The van der Waals surface area contributed by atoms with Gasteiger partial charge in [0.1, 0.15) is 11.9 Å². The van der Waals surface area contributed by atoms with Gasteiger partial charge in [-0.2, -0.15) is 0 Å². The number of ether oxygens (including phenoxy) is 1. The third-order valence-corrected chi connectivity index (χ3v) is 11.8. The highest BCUT2D eigenvalue weighted by atomic mass is 16.5. The molecule has 0 radical (unpaired) electrons. The number of rotatable bonds is 7. The molecule has 11 rings (SSSR count). The first kappa shape index (κ1) is 33.9. The molecule has 0 spiro atoms. The van der Waals surface area contributed by atoms with Crippen molar-refractivity contribution in [1.29, 1.82) is 0 Å². The van der Waals surface area contributed by atoms with Gasteiger partial charge in [-0.15, -0.1) is 0 Å². The molecular formula is C56H39NO. The molecule has 2 atom stereocenters. The van der Waals surface area contributed by atoms with Gasteiger partial charge < -0.3 is 9.64 Å². The third-order valence-electron chi connectivity index (χ3n) is 11.8. The first-order valence-corrected chi connectivity index (χ1v) is 20.1. The van der Waals surface area contributed by atoms with Gasteiger partial charge >= 0.3 is 0 Å². The van der Waals surface area contributed by atoms with E-state index in [9.17, 15) is 0 Å². The van der Waals surface area contributed by atoms with Crippen LogP contribution in [0.2, 0.25) is 0 Å². The van der Waals surface area contributed by atoms with Crippen molar-refractivity contribution < 1.29 is 4.74 Å². The topological polar surface area (TPSA) is 12.5 Å². The van der Waals surface area contributed by atoms with Gasteiger partial charge in [0.2, 0.25) is 0 Å². The maximum Gasteiger partial charge on any atom is 0.135 e. The van der Waals surface area contributed by atoms with Crippen molar-refractivity contribution >= 4 is 44.2 Å². The van der Waals surface area contributed by atoms with Crippen LogP contribution in [0.15, 0.2) is 224 Å². The van der Waals surface area contributed by atoms with Crippen LogP contribution in [0.5, 0.6) is 5.75 Å². The molecule has 2 heteroatoms. The van der Waals surface area contributed by atoms with Crippen LogP contribution in [0.25, 0.3) is 60.5 Å². The first-order chi connectivity index (χ1) is 28.7. The van der Waals surface area contributed by atoms with Crippen molar-refractivity contribution in [3.8, 4) is 39.1 Å². The Balaban J connectivity index is 0.919. The minimum Gasteiger partial charge on any atom is -0.484 e. The van der Waals surface area contributed by atoms with Crippen LogP contribution in [-0.2, 0) is 0 Å². The van der Waals surface area contributed by atoms with Crippen LogP contribution in [0.1, 0.15) is 17.0 Å². The van der Waals surface area contributed by atoms with Gasteiger partial charge in [-0.3, -0.25) is 0 Å². The molecule has 0 fully saturated rings. The Hall–Kier alpha value is -7.42. The van der Waals surface area contributed by atoms with Crippen molar-refractivity contribution in [1.82, 2.24) is 0 Å². The highest BCUT2D eigenvalue weighted by Gasteiger charge is 2.37. The average molecular weight is 742 g/mol. The molecule has 1 aliphatic heterocycles. The average Bonchev–Trinajstić information content (AvgIpc) is 3.68. The molecule has 9 aromatic carbocycles. The van der Waals surface area contributed by atoms with Gasteiger partial charge in [-0.1, -0.05) is 176 Å². The maximum absolute atomic E-state index is 6.60. The fourth-order valence-corrected chi connectivity index (χ4v) is 8.97. The summed E-state index contributed by atoms with van der Waals surface area (Å²) in [5.74, 6) is 1.16. The standard InChI is InChI=1S/C56H39NO/c1-2-12-41(13-3-1)51-23-11-24-52-53-37-45(30-35-55(53)58-56(51)52)44-19-8-18-43(36-44)38-26-31-46(32-27-38)57(54-25-10-17-40-15-5-7-21-50(40)54)47-33-28-42(29-34-47)49-22-9-16-39-14-4-6-20-48(39)49/h1-37,52,56H. The highest BCUT2D eigenvalue weighted by molar-refractivity contribution is 6.00. The van der Waals surface area contributed by atoms with E-state index in [0.717, 1.165) is 22.8 Å². The molecule has 58 heavy (non-hydrogen) atoms. The molecule has 1 aliphatic carbocycles. The van der Waals surface area contributed by atoms with Gasteiger partial charge in [0.25, 0.3) is 0 Å². The zero-order chi connectivity index (χ0) is 38.4. The summed E-state index contributed by atoms with van der Waals surface area (Å²) in [5.41, 5.74) is 14.2. The number of hydrogen-bond donors (Lipinski definition) is 0. The predicted octanol–water partition coefficient (Wildman–Crippen LogP) is 15.0. The molecule has 2 nitrogen and oxygen atoms in total. The zero-order valence-electron chi connectivity index (χ0n) is 31.9. The molecule has 9 aromatic rings. The quantitative estimate of drug-likeness (QED) is 0.161. The summed E-state index contributed by atoms with van der Waals surface area (Å²) in [4.78, 5) is 2.38. The molecular weight excluding hydrogens is 703 g/mol. The molecule has 0 saturated heterocycles. The number of anilines is 3. The SMILES string of the molecule is C1=CC2c3cc(-c4cccc(-c5ccc(N(c6ccc(-c7cccc8ccccc78)cc6)c6cccc7ccccc67)cc5)c4)ccc3OC2C(c2ccccc2)=C1. The fraction of sp³-hybridized carbons (Fsp3) is 0.0357. The summed E-state index contributed by atoms with van der Waals surface area (Å²) in [5, 5.41) is 4.94. The summed E-state index contributed by atoms with van der Waals surface area (Å²) in [6, 6.07) is 74.6. The van der Waals surface area contributed by atoms with Gasteiger partial charge in [0, 0.05) is 33.8 Å². The third kappa shape index (κ3) is 5.98. The minimum absolute atomic E-state index is 0.0157. The summed E-state index contributed by atoms with van der Waals surface area (Å²) >= 11 is 0. The van der Waals surface area contributed by atoms with Crippen LogP contribution >= 0.6 is 0 Å².